The highest BCUT2D eigenvalue weighted by Crippen LogP contribution is 2.33. The predicted octanol–water partition coefficient (Wildman–Crippen LogP) is 2.21. The lowest BCUT2D eigenvalue weighted by Crippen LogP contribution is -2.37. The summed E-state index contributed by atoms with van der Waals surface area (Å²) < 4.78 is 1.12. The van der Waals surface area contributed by atoms with Gasteiger partial charge in [0.15, 0.2) is 0 Å². The van der Waals surface area contributed by atoms with Crippen LogP contribution in [0.25, 0.3) is 0 Å². The number of pyridine rings is 1. The average Bonchev–Trinajstić information content (AvgIpc) is 3.35. The fourth-order valence-corrected chi connectivity index (χ4v) is 2.94. The highest BCUT2D eigenvalue weighted by Gasteiger charge is 2.35. The minimum absolute atomic E-state index is 0.158. The predicted molar refractivity (Wildman–Crippen MR) is 83.8 cm³/mol. The topological polar surface area (TPSA) is 85.5 Å². The second-order valence-electron chi connectivity index (χ2n) is 6.05. The van der Waals surface area contributed by atoms with Crippen molar-refractivity contribution in [2.24, 2.45) is 0 Å². The molecule has 7 nitrogen and oxygen atoms in total. The summed E-state index contributed by atoms with van der Waals surface area (Å²) in [6, 6.07) is 2.51. The Hall–Kier alpha value is -2.44. The summed E-state index contributed by atoms with van der Waals surface area (Å²) in [5.41, 5.74) is 0.451. The SMILES string of the molecule is O=C(Cn1cc([N+](=O)[O-])ccc1=O)N(C1=CCCCC1)C1CC1. The molecular formula is C16H19N3O4. The molecule has 2 aliphatic carbocycles. The van der Waals surface area contributed by atoms with E-state index >= 15 is 0 Å². The highest BCUT2D eigenvalue weighted by atomic mass is 16.6. The van der Waals surface area contributed by atoms with Gasteiger partial charge in [-0.3, -0.25) is 24.3 Å². The summed E-state index contributed by atoms with van der Waals surface area (Å²) in [5.74, 6) is -0.164. The van der Waals surface area contributed by atoms with Crippen molar-refractivity contribution >= 4 is 11.6 Å². The molecule has 0 saturated heterocycles. The van der Waals surface area contributed by atoms with E-state index in [-0.39, 0.29) is 24.2 Å². The van der Waals surface area contributed by atoms with Gasteiger partial charge in [0.05, 0.1) is 11.1 Å². The number of carbonyl (C=O) groups is 1. The van der Waals surface area contributed by atoms with Gasteiger partial charge in [-0.15, -0.1) is 0 Å². The Labute approximate surface area is 133 Å². The second kappa shape index (κ2) is 6.36. The van der Waals surface area contributed by atoms with Crippen molar-refractivity contribution in [1.29, 1.82) is 0 Å². The molecule has 23 heavy (non-hydrogen) atoms. The van der Waals surface area contributed by atoms with Crippen molar-refractivity contribution in [2.45, 2.75) is 51.1 Å². The van der Waals surface area contributed by atoms with Crippen LogP contribution in [0.3, 0.4) is 0 Å². The quantitative estimate of drug-likeness (QED) is 0.615. The first-order valence-corrected chi connectivity index (χ1v) is 7.92. The molecule has 0 unspecified atom stereocenters. The van der Waals surface area contributed by atoms with Crippen molar-refractivity contribution in [3.8, 4) is 0 Å². The average molecular weight is 317 g/mol. The lowest BCUT2D eigenvalue weighted by atomic mass is 10.0. The van der Waals surface area contributed by atoms with Crippen LogP contribution in [-0.4, -0.2) is 26.3 Å². The molecule has 0 spiro atoms. The van der Waals surface area contributed by atoms with Crippen LogP contribution in [0, 0.1) is 10.1 Å². The third-order valence-corrected chi connectivity index (χ3v) is 4.24. The number of aromatic nitrogens is 1. The monoisotopic (exact) mass is 317 g/mol. The molecule has 0 radical (unpaired) electrons. The molecule has 7 heteroatoms. The minimum Gasteiger partial charge on any atom is -0.312 e. The number of nitrogens with zero attached hydrogens (tertiary/aromatic N) is 3. The maximum Gasteiger partial charge on any atom is 0.285 e. The third kappa shape index (κ3) is 3.49. The van der Waals surface area contributed by atoms with Crippen molar-refractivity contribution in [3.05, 3.63) is 50.6 Å². The van der Waals surface area contributed by atoms with E-state index in [1.807, 2.05) is 4.90 Å². The molecule has 0 aliphatic heterocycles. The van der Waals surface area contributed by atoms with Crippen LogP contribution < -0.4 is 5.56 Å². The molecule has 122 valence electrons. The van der Waals surface area contributed by atoms with E-state index in [1.54, 1.807) is 0 Å². The number of amides is 1. The van der Waals surface area contributed by atoms with E-state index in [0.29, 0.717) is 0 Å². The van der Waals surface area contributed by atoms with Crippen LogP contribution in [-0.2, 0) is 11.3 Å². The third-order valence-electron chi connectivity index (χ3n) is 4.24. The second-order valence-corrected chi connectivity index (χ2v) is 6.05. The fourth-order valence-electron chi connectivity index (χ4n) is 2.94. The van der Waals surface area contributed by atoms with Gasteiger partial charge in [-0.2, -0.15) is 0 Å². The summed E-state index contributed by atoms with van der Waals surface area (Å²) in [5, 5.41) is 10.8. The Bertz CT molecular complexity index is 718. The van der Waals surface area contributed by atoms with Gasteiger partial charge in [0.2, 0.25) is 5.91 Å². The first-order chi connectivity index (χ1) is 11.1. The molecule has 1 heterocycles. The first kappa shape index (κ1) is 15.5. The number of hydrogen-bond acceptors (Lipinski definition) is 4. The Morgan fingerprint density at radius 3 is 2.74 bits per heavy atom. The van der Waals surface area contributed by atoms with Crippen LogP contribution >= 0.6 is 0 Å². The van der Waals surface area contributed by atoms with E-state index in [2.05, 4.69) is 6.08 Å². The maximum atomic E-state index is 12.7. The molecule has 3 rings (SSSR count). The molecule has 0 bridgehead atoms. The molecule has 1 amide bonds. The number of allylic oxidation sites excluding steroid dienone is 2. The molecular weight excluding hydrogens is 298 g/mol. The Morgan fingerprint density at radius 2 is 2.13 bits per heavy atom. The molecule has 1 saturated carbocycles. The summed E-state index contributed by atoms with van der Waals surface area (Å²) in [6.45, 7) is -0.158. The molecule has 0 aromatic carbocycles. The van der Waals surface area contributed by atoms with Crippen LogP contribution in [0.15, 0.2) is 34.9 Å². The number of carbonyl (C=O) groups excluding carboxylic acids is 1. The summed E-state index contributed by atoms with van der Waals surface area (Å²) >= 11 is 0. The van der Waals surface area contributed by atoms with E-state index in [9.17, 15) is 19.7 Å². The summed E-state index contributed by atoms with van der Waals surface area (Å²) in [7, 11) is 0. The van der Waals surface area contributed by atoms with Crippen LogP contribution in [0.1, 0.15) is 38.5 Å². The zero-order valence-corrected chi connectivity index (χ0v) is 12.8. The van der Waals surface area contributed by atoms with Gasteiger partial charge >= 0.3 is 0 Å². The number of hydrogen-bond donors (Lipinski definition) is 0. The zero-order valence-electron chi connectivity index (χ0n) is 12.8. The molecule has 0 N–H and O–H groups in total. The highest BCUT2D eigenvalue weighted by molar-refractivity contribution is 5.78. The Balaban J connectivity index is 1.82. The normalized spacial score (nSPS) is 17.5. The smallest absolute Gasteiger partial charge is 0.285 e. The lowest BCUT2D eigenvalue weighted by Gasteiger charge is -2.28. The first-order valence-electron chi connectivity index (χ1n) is 7.92. The summed E-state index contributed by atoms with van der Waals surface area (Å²) in [4.78, 5) is 36.6. The van der Waals surface area contributed by atoms with E-state index < -0.39 is 10.5 Å². The largest absolute Gasteiger partial charge is 0.312 e. The van der Waals surface area contributed by atoms with Gasteiger partial charge < -0.3 is 4.90 Å². The van der Waals surface area contributed by atoms with Crippen molar-refractivity contribution in [2.75, 3.05) is 0 Å². The zero-order chi connectivity index (χ0) is 16.4. The Morgan fingerprint density at radius 1 is 1.35 bits per heavy atom. The fraction of sp³-hybridized carbons (Fsp3) is 0.500. The van der Waals surface area contributed by atoms with E-state index in [0.717, 1.165) is 67.1 Å². The van der Waals surface area contributed by atoms with Crippen molar-refractivity contribution in [3.63, 3.8) is 0 Å². The number of rotatable bonds is 5. The molecule has 0 atom stereocenters. The van der Waals surface area contributed by atoms with Crippen LogP contribution in [0.4, 0.5) is 5.69 Å². The van der Waals surface area contributed by atoms with Gasteiger partial charge in [-0.05, 0) is 38.5 Å². The van der Waals surface area contributed by atoms with Crippen molar-refractivity contribution in [1.82, 2.24) is 9.47 Å². The van der Waals surface area contributed by atoms with Crippen molar-refractivity contribution < 1.29 is 9.72 Å². The van der Waals surface area contributed by atoms with Gasteiger partial charge in [-0.1, -0.05) is 6.08 Å². The molecule has 2 aliphatic rings. The van der Waals surface area contributed by atoms with Crippen LogP contribution in [0.5, 0.6) is 0 Å². The summed E-state index contributed by atoms with van der Waals surface area (Å²) in [6.07, 6.45) is 9.27. The van der Waals surface area contributed by atoms with Gasteiger partial charge in [0, 0.05) is 23.9 Å². The Kier molecular flexibility index (Phi) is 4.27. The van der Waals surface area contributed by atoms with Gasteiger partial charge in [-0.25, -0.2) is 0 Å². The van der Waals surface area contributed by atoms with Crippen LogP contribution in [0.2, 0.25) is 0 Å². The lowest BCUT2D eigenvalue weighted by molar-refractivity contribution is -0.385. The molecule has 1 fully saturated rings. The van der Waals surface area contributed by atoms with Gasteiger partial charge in [0.1, 0.15) is 6.54 Å². The van der Waals surface area contributed by atoms with Gasteiger partial charge in [0.25, 0.3) is 11.2 Å². The van der Waals surface area contributed by atoms with E-state index in [1.165, 1.54) is 0 Å². The molecule has 1 aromatic heterocycles. The standard InChI is InChI=1S/C16H19N3O4/c20-15-9-8-14(19(22)23)10-17(15)11-16(21)18(13-6-7-13)12-4-2-1-3-5-12/h4,8-10,13H,1-3,5-7,11H2. The minimum atomic E-state index is -0.567. The molecule has 1 aromatic rings. The van der Waals surface area contributed by atoms with E-state index in [4.69, 9.17) is 0 Å². The maximum absolute atomic E-state index is 12.7. The number of nitro groups is 1.